The van der Waals surface area contributed by atoms with E-state index in [1.165, 1.54) is 0 Å². The van der Waals surface area contributed by atoms with Crippen molar-refractivity contribution in [2.75, 3.05) is 0 Å². The van der Waals surface area contributed by atoms with Gasteiger partial charge in [-0.3, -0.25) is 0 Å². The molecule has 36 heavy (non-hydrogen) atoms. The van der Waals surface area contributed by atoms with Crippen LogP contribution in [0.1, 0.15) is 11.0 Å². The number of benzene rings is 6. The van der Waals surface area contributed by atoms with Gasteiger partial charge in [-0.2, -0.15) is 0 Å². The van der Waals surface area contributed by atoms with E-state index in [4.69, 9.17) is 17.1 Å². The van der Waals surface area contributed by atoms with E-state index in [-0.39, 0.29) is 51.3 Å². The van der Waals surface area contributed by atoms with E-state index >= 15 is 0 Å². The Labute approximate surface area is 218 Å². The van der Waals surface area contributed by atoms with Crippen LogP contribution < -0.4 is 0 Å². The summed E-state index contributed by atoms with van der Waals surface area (Å²) in [5.74, 6) is 0. The van der Waals surface area contributed by atoms with Gasteiger partial charge in [0.05, 0.1) is 17.2 Å². The Hall–Kier alpha value is -4.82. The van der Waals surface area contributed by atoms with Crippen LogP contribution in [0.5, 0.6) is 0 Å². The van der Waals surface area contributed by atoms with E-state index in [1.807, 2.05) is 24.3 Å². The van der Waals surface area contributed by atoms with Crippen molar-refractivity contribution in [3.05, 3.63) is 121 Å². The Morgan fingerprint density at radius 3 is 1.97 bits per heavy atom. The maximum atomic E-state index is 9.17. The summed E-state index contributed by atoms with van der Waals surface area (Å²) in [6.45, 7) is 0. The molecular weight excluding hydrogens is 440 g/mol. The van der Waals surface area contributed by atoms with Gasteiger partial charge in [-0.25, -0.2) is 0 Å². The summed E-state index contributed by atoms with van der Waals surface area (Å²) in [6, 6.07) is 17.0. The molecule has 0 aliphatic heterocycles. The minimum absolute atomic E-state index is 0.160. The first-order valence-corrected chi connectivity index (χ1v) is 11.5. The zero-order valence-electron chi connectivity index (χ0n) is 26.7. The Bertz CT molecular complexity index is 2450. The molecule has 0 saturated heterocycles. The fourth-order valence-corrected chi connectivity index (χ4v) is 5.30. The third kappa shape index (κ3) is 2.61. The van der Waals surface area contributed by atoms with Crippen molar-refractivity contribution in [1.29, 1.82) is 0 Å². The summed E-state index contributed by atoms with van der Waals surface area (Å²) in [6.07, 6.45) is 1.58. The van der Waals surface area contributed by atoms with E-state index < -0.39 is 24.2 Å². The number of hydrogen-bond donors (Lipinski definition) is 0. The molecule has 2 heterocycles. The van der Waals surface area contributed by atoms with E-state index in [9.17, 15) is 2.74 Å². The monoisotopic (exact) mass is 468 g/mol. The molecule has 2 aromatic heterocycles. The molecule has 0 fully saturated rings. The van der Waals surface area contributed by atoms with Crippen LogP contribution in [0.2, 0.25) is 0 Å². The predicted molar refractivity (Wildman–Crippen MR) is 149 cm³/mol. The van der Waals surface area contributed by atoms with Gasteiger partial charge in [0.1, 0.15) is 5.58 Å². The average molecular weight is 469 g/mol. The van der Waals surface area contributed by atoms with Gasteiger partial charge < -0.3 is 8.83 Å². The van der Waals surface area contributed by atoms with Crippen LogP contribution in [0, 0.1) is 0 Å². The molecule has 8 aromatic rings. The first-order chi connectivity index (χ1) is 21.2. The minimum Gasteiger partial charge on any atom is -0.460 e. The van der Waals surface area contributed by atoms with Crippen LogP contribution in [0.25, 0.3) is 76.7 Å². The summed E-state index contributed by atoms with van der Waals surface area (Å²) in [4.78, 5) is 0. The van der Waals surface area contributed by atoms with Crippen molar-refractivity contribution in [1.82, 2.24) is 0 Å². The number of hydrogen-bond acceptors (Lipinski definition) is 2. The van der Waals surface area contributed by atoms with Crippen LogP contribution in [-0.2, 0) is 0 Å². The summed E-state index contributed by atoms with van der Waals surface area (Å²) in [5.41, 5.74) is 3.24. The predicted octanol–water partition coefficient (Wildman–Crippen LogP) is 9.97. The minimum atomic E-state index is -0.440. The molecule has 0 aliphatic carbocycles. The van der Waals surface area contributed by atoms with Gasteiger partial charge in [0, 0.05) is 16.2 Å². The highest BCUT2D eigenvalue weighted by Crippen LogP contribution is 2.47. The summed E-state index contributed by atoms with van der Waals surface area (Å²) in [7, 11) is 0. The van der Waals surface area contributed by atoms with Gasteiger partial charge in [0.25, 0.3) is 0 Å². The maximum absolute atomic E-state index is 9.17. The SMILES string of the molecule is [2H]c1c([2H])c([2H])c2c(-c3cccc4oc5c(ccc6ccoc65)c34)c3c([2H])c([2H])c([2H])c([2H])c3c(-c3ccccc3)c2c1[2H]. The zero-order chi connectivity index (χ0) is 30.6. The van der Waals surface area contributed by atoms with Gasteiger partial charge in [-0.15, -0.1) is 0 Å². The highest BCUT2D eigenvalue weighted by atomic mass is 16.4. The highest BCUT2D eigenvalue weighted by Gasteiger charge is 2.21. The fraction of sp³-hybridized carbons (Fsp3) is 0. The second kappa shape index (κ2) is 7.34. The molecule has 0 N–H and O–H groups in total. The highest BCUT2D eigenvalue weighted by molar-refractivity contribution is 6.26. The Kier molecular flexibility index (Phi) is 2.71. The van der Waals surface area contributed by atoms with Crippen LogP contribution in [-0.4, -0.2) is 0 Å². The molecule has 0 unspecified atom stereocenters. The second-order valence-electron chi connectivity index (χ2n) is 8.68. The normalized spacial score (nSPS) is 15.0. The van der Waals surface area contributed by atoms with Gasteiger partial charge in [-0.1, -0.05) is 96.9 Å². The molecule has 0 aliphatic rings. The van der Waals surface area contributed by atoms with Crippen molar-refractivity contribution in [3.63, 3.8) is 0 Å². The van der Waals surface area contributed by atoms with Crippen LogP contribution in [0.4, 0.5) is 0 Å². The van der Waals surface area contributed by atoms with Gasteiger partial charge in [0.2, 0.25) is 0 Å². The first-order valence-electron chi connectivity index (χ1n) is 15.5. The lowest BCUT2D eigenvalue weighted by atomic mass is 9.85. The lowest BCUT2D eigenvalue weighted by Crippen LogP contribution is -1.91. The smallest absolute Gasteiger partial charge is 0.178 e. The molecule has 0 bridgehead atoms. The molecule has 2 heteroatoms. The van der Waals surface area contributed by atoms with Crippen LogP contribution in [0.15, 0.2) is 130 Å². The molecule has 0 atom stereocenters. The number of fused-ring (bicyclic) bond motifs is 7. The van der Waals surface area contributed by atoms with Gasteiger partial charge >= 0.3 is 0 Å². The van der Waals surface area contributed by atoms with Crippen molar-refractivity contribution < 1.29 is 19.8 Å². The van der Waals surface area contributed by atoms with Gasteiger partial charge in [-0.05, 0) is 62.0 Å². The summed E-state index contributed by atoms with van der Waals surface area (Å²) >= 11 is 0. The third-order valence-electron chi connectivity index (χ3n) is 6.79. The van der Waals surface area contributed by atoms with E-state index in [1.54, 1.807) is 48.7 Å². The van der Waals surface area contributed by atoms with Crippen LogP contribution >= 0.6 is 0 Å². The molecule has 2 nitrogen and oxygen atoms in total. The van der Waals surface area contributed by atoms with E-state index in [0.29, 0.717) is 44.2 Å². The molecule has 6 aromatic carbocycles. The first kappa shape index (κ1) is 13.3. The van der Waals surface area contributed by atoms with Crippen molar-refractivity contribution in [2.45, 2.75) is 0 Å². The van der Waals surface area contributed by atoms with E-state index in [0.717, 1.165) is 5.39 Å². The Balaban J connectivity index is 1.72. The summed E-state index contributed by atoms with van der Waals surface area (Å²) in [5, 5.41) is 2.86. The molecule has 0 amide bonds. The maximum Gasteiger partial charge on any atom is 0.178 e. The average Bonchev–Trinajstić information content (AvgIpc) is 3.68. The van der Waals surface area contributed by atoms with Crippen LogP contribution in [0.3, 0.4) is 0 Å². The second-order valence-corrected chi connectivity index (χ2v) is 8.68. The summed E-state index contributed by atoms with van der Waals surface area (Å²) < 4.78 is 83.0. The molecule has 168 valence electrons. The molecule has 8 rings (SSSR count). The molecule has 0 saturated carbocycles. The topological polar surface area (TPSA) is 26.3 Å². The number of rotatable bonds is 2. The molecule has 0 spiro atoms. The van der Waals surface area contributed by atoms with Crippen molar-refractivity contribution in [2.24, 2.45) is 0 Å². The molecular formula is C34H20O2. The zero-order valence-corrected chi connectivity index (χ0v) is 18.7. The fourth-order valence-electron chi connectivity index (χ4n) is 5.30. The van der Waals surface area contributed by atoms with Gasteiger partial charge in [0.15, 0.2) is 11.2 Å². The lowest BCUT2D eigenvalue weighted by Gasteiger charge is -2.18. The standard InChI is InChI=1S/C34H20O2/c1-2-9-21(10-3-1)30-23-11-4-6-13-25(23)31(26-14-7-5-12-24(26)30)27-15-8-16-29-32(27)28-18-17-22-19-20-35-33(22)34(28)36-29/h1-20H/i4D,5D,6D,7D,11D,12D,13D,14D. The van der Waals surface area contributed by atoms with Crippen molar-refractivity contribution in [3.8, 4) is 22.3 Å². The third-order valence-corrected chi connectivity index (χ3v) is 6.79. The lowest BCUT2D eigenvalue weighted by molar-refractivity contribution is 0.600. The van der Waals surface area contributed by atoms with E-state index in [2.05, 4.69) is 0 Å². The largest absolute Gasteiger partial charge is 0.460 e. The quantitative estimate of drug-likeness (QED) is 0.236. The Morgan fingerprint density at radius 2 is 1.25 bits per heavy atom. The Morgan fingerprint density at radius 1 is 0.556 bits per heavy atom. The molecule has 0 radical (unpaired) electrons. The number of furan rings is 2. The van der Waals surface area contributed by atoms with Crippen molar-refractivity contribution >= 4 is 54.5 Å².